The van der Waals surface area contributed by atoms with Gasteiger partial charge in [-0.1, -0.05) is 0 Å². The fourth-order valence-electron chi connectivity index (χ4n) is 1.14. The van der Waals surface area contributed by atoms with Crippen molar-refractivity contribution in [3.05, 3.63) is 0 Å². The van der Waals surface area contributed by atoms with Crippen molar-refractivity contribution in [1.82, 2.24) is 0 Å². The molecule has 2 atom stereocenters. The van der Waals surface area contributed by atoms with Crippen molar-refractivity contribution in [2.45, 2.75) is 23.4 Å². The van der Waals surface area contributed by atoms with E-state index in [1.165, 1.54) is 0 Å². The molecule has 14 heavy (non-hydrogen) atoms. The summed E-state index contributed by atoms with van der Waals surface area (Å²) in [4.78, 5) is 0. The summed E-state index contributed by atoms with van der Waals surface area (Å²) in [6.07, 6.45) is -7.16. The Labute approximate surface area is 74.8 Å². The van der Waals surface area contributed by atoms with Gasteiger partial charge in [0.05, 0.1) is 0 Å². The number of alkyl halides is 6. The second kappa shape index (κ2) is 2.77. The van der Waals surface area contributed by atoms with Crippen LogP contribution in [0.25, 0.3) is 0 Å². The first-order valence-corrected chi connectivity index (χ1v) is 4.88. The second-order valence-electron chi connectivity index (χ2n) is 2.85. The molecule has 0 N–H and O–H groups in total. The number of halogens is 6. The topological polar surface area (TPSA) is 34.1 Å². The van der Waals surface area contributed by atoms with Crippen molar-refractivity contribution < 1.29 is 34.8 Å². The van der Waals surface area contributed by atoms with E-state index in [0.717, 1.165) is 0 Å². The highest BCUT2D eigenvalue weighted by Gasteiger charge is 2.71. The summed E-state index contributed by atoms with van der Waals surface area (Å²) < 4.78 is 94.1. The molecule has 0 aliphatic carbocycles. The van der Waals surface area contributed by atoms with E-state index in [0.29, 0.717) is 0 Å². The molecule has 2 unspecified atom stereocenters. The van der Waals surface area contributed by atoms with E-state index in [1.54, 1.807) is 0 Å². The highest BCUT2D eigenvalue weighted by atomic mass is 32.2. The SMILES string of the molecule is O=S1(=O)C(F)CC(C(F)(F)F)C1(F)F. The number of rotatable bonds is 0. The van der Waals surface area contributed by atoms with Crippen LogP contribution >= 0.6 is 0 Å². The fraction of sp³-hybridized carbons (Fsp3) is 1.00. The van der Waals surface area contributed by atoms with Crippen LogP contribution in [0.15, 0.2) is 0 Å². The Morgan fingerprint density at radius 3 is 1.79 bits per heavy atom. The van der Waals surface area contributed by atoms with E-state index in [-0.39, 0.29) is 0 Å². The third-order valence-electron chi connectivity index (χ3n) is 1.94. The van der Waals surface area contributed by atoms with Crippen molar-refractivity contribution in [3.63, 3.8) is 0 Å². The van der Waals surface area contributed by atoms with Crippen LogP contribution in [0.4, 0.5) is 26.3 Å². The van der Waals surface area contributed by atoms with E-state index in [1.807, 2.05) is 0 Å². The summed E-state index contributed by atoms with van der Waals surface area (Å²) in [6, 6.07) is 0. The third kappa shape index (κ3) is 1.37. The first kappa shape index (κ1) is 11.6. The third-order valence-corrected chi connectivity index (χ3v) is 3.85. The zero-order chi connectivity index (χ0) is 11.4. The predicted octanol–water partition coefficient (Wildman–Crippen LogP) is 1.87. The molecule has 1 heterocycles. The van der Waals surface area contributed by atoms with E-state index < -0.39 is 39.1 Å². The van der Waals surface area contributed by atoms with Crippen LogP contribution < -0.4 is 0 Å². The van der Waals surface area contributed by atoms with Gasteiger partial charge in [-0.2, -0.15) is 22.0 Å². The molecular weight excluding hydrogens is 238 g/mol. The summed E-state index contributed by atoms with van der Waals surface area (Å²) in [7, 11) is -5.66. The van der Waals surface area contributed by atoms with Gasteiger partial charge in [0.2, 0.25) is 15.3 Å². The van der Waals surface area contributed by atoms with Crippen LogP contribution in [0, 0.1) is 5.92 Å². The smallest absolute Gasteiger partial charge is 0.230 e. The van der Waals surface area contributed by atoms with E-state index >= 15 is 0 Å². The lowest BCUT2D eigenvalue weighted by Crippen LogP contribution is -2.39. The predicted molar refractivity (Wildman–Crippen MR) is 32.9 cm³/mol. The summed E-state index contributed by atoms with van der Waals surface area (Å²) in [6.45, 7) is 0. The van der Waals surface area contributed by atoms with Crippen LogP contribution in [0.1, 0.15) is 6.42 Å². The van der Waals surface area contributed by atoms with Crippen molar-refractivity contribution in [2.75, 3.05) is 0 Å². The first-order chi connectivity index (χ1) is 6.01. The summed E-state index contributed by atoms with van der Waals surface area (Å²) in [5.41, 5.74) is -3.15. The van der Waals surface area contributed by atoms with E-state index in [9.17, 15) is 34.8 Å². The Balaban J connectivity index is 3.20. The highest BCUT2D eigenvalue weighted by molar-refractivity contribution is 7.93. The van der Waals surface area contributed by atoms with Gasteiger partial charge in [0.15, 0.2) is 0 Å². The van der Waals surface area contributed by atoms with Crippen LogP contribution in [0.5, 0.6) is 0 Å². The summed E-state index contributed by atoms with van der Waals surface area (Å²) >= 11 is 0. The monoisotopic (exact) mass is 242 g/mol. The van der Waals surface area contributed by atoms with Crippen LogP contribution in [0.3, 0.4) is 0 Å². The van der Waals surface area contributed by atoms with Gasteiger partial charge in [0.1, 0.15) is 5.92 Å². The molecule has 1 saturated heterocycles. The van der Waals surface area contributed by atoms with Crippen molar-refractivity contribution in [3.8, 4) is 0 Å². The molecule has 1 aliphatic heterocycles. The Morgan fingerprint density at radius 2 is 1.64 bits per heavy atom. The minimum atomic E-state index is -5.66. The molecule has 0 amide bonds. The van der Waals surface area contributed by atoms with Gasteiger partial charge in [0.25, 0.3) is 0 Å². The van der Waals surface area contributed by atoms with Crippen LogP contribution in [-0.4, -0.2) is 25.4 Å². The lowest BCUT2D eigenvalue weighted by molar-refractivity contribution is -0.214. The zero-order valence-corrected chi connectivity index (χ0v) is 7.17. The Bertz CT molecular complexity index is 331. The molecule has 84 valence electrons. The summed E-state index contributed by atoms with van der Waals surface area (Å²) in [5.74, 6) is -3.45. The standard InChI is InChI=1S/C5H4F6O2S/c6-3-1-2(4(7,8)9)5(10,11)14(3,12)13/h2-3H,1H2. The van der Waals surface area contributed by atoms with Gasteiger partial charge in [-0.05, 0) is 0 Å². The van der Waals surface area contributed by atoms with Crippen LogP contribution in [-0.2, 0) is 9.84 Å². The van der Waals surface area contributed by atoms with Gasteiger partial charge >= 0.3 is 11.4 Å². The highest BCUT2D eigenvalue weighted by Crippen LogP contribution is 2.51. The molecule has 0 bridgehead atoms. The van der Waals surface area contributed by atoms with Gasteiger partial charge in [0, 0.05) is 6.42 Å². The molecule has 2 nitrogen and oxygen atoms in total. The normalized spacial score (nSPS) is 35.9. The molecule has 1 rings (SSSR count). The molecule has 0 saturated carbocycles. The molecular formula is C5H4F6O2S. The van der Waals surface area contributed by atoms with Gasteiger partial charge < -0.3 is 0 Å². The number of hydrogen-bond donors (Lipinski definition) is 0. The molecule has 0 aromatic heterocycles. The molecule has 0 radical (unpaired) electrons. The zero-order valence-electron chi connectivity index (χ0n) is 6.35. The van der Waals surface area contributed by atoms with Gasteiger partial charge in [-0.3, -0.25) is 0 Å². The largest absolute Gasteiger partial charge is 0.398 e. The molecule has 1 aliphatic rings. The lowest BCUT2D eigenvalue weighted by Gasteiger charge is -2.19. The molecule has 0 aromatic rings. The lowest BCUT2D eigenvalue weighted by atomic mass is 10.1. The van der Waals surface area contributed by atoms with Crippen molar-refractivity contribution in [2.24, 2.45) is 5.92 Å². The fourth-order valence-corrected chi connectivity index (χ4v) is 2.56. The second-order valence-corrected chi connectivity index (χ2v) is 4.99. The maximum Gasteiger partial charge on any atom is 0.398 e. The van der Waals surface area contributed by atoms with Crippen molar-refractivity contribution in [1.29, 1.82) is 0 Å². The maximum absolute atomic E-state index is 12.6. The maximum atomic E-state index is 12.6. The average Bonchev–Trinajstić information content (AvgIpc) is 2.09. The summed E-state index contributed by atoms with van der Waals surface area (Å²) in [5, 5.41) is -5.06. The molecule has 9 heteroatoms. The van der Waals surface area contributed by atoms with E-state index in [2.05, 4.69) is 0 Å². The molecule has 0 aromatic carbocycles. The van der Waals surface area contributed by atoms with E-state index in [4.69, 9.17) is 0 Å². The van der Waals surface area contributed by atoms with Crippen LogP contribution in [0.2, 0.25) is 0 Å². The Hall–Kier alpha value is -0.470. The quantitative estimate of drug-likeness (QED) is 0.608. The van der Waals surface area contributed by atoms with Gasteiger partial charge in [-0.15, -0.1) is 0 Å². The van der Waals surface area contributed by atoms with Gasteiger partial charge in [-0.25, -0.2) is 12.8 Å². The Kier molecular flexibility index (Phi) is 2.29. The Morgan fingerprint density at radius 1 is 1.21 bits per heavy atom. The first-order valence-electron chi connectivity index (χ1n) is 3.33. The minimum absolute atomic E-state index is 1.74. The number of sulfone groups is 1. The molecule has 0 spiro atoms. The van der Waals surface area contributed by atoms with Crippen molar-refractivity contribution >= 4 is 9.84 Å². The number of hydrogen-bond acceptors (Lipinski definition) is 2. The molecule has 1 fully saturated rings. The average molecular weight is 242 g/mol. The minimum Gasteiger partial charge on any atom is -0.230 e.